The molecule has 0 spiro atoms. The van der Waals surface area contributed by atoms with E-state index in [2.05, 4.69) is 31.3 Å². The number of phenols is 1. The number of fused-ring (bicyclic) bond motifs is 1. The molecular formula is C21H24N2O4. The highest BCUT2D eigenvalue weighted by molar-refractivity contribution is 5.86. The number of hydrogen-bond acceptors (Lipinski definition) is 5. The molecular weight excluding hydrogens is 344 g/mol. The number of phenolic OH excluding ortho intramolecular Hbond substituents is 1. The zero-order valence-corrected chi connectivity index (χ0v) is 15.9. The summed E-state index contributed by atoms with van der Waals surface area (Å²) in [4.78, 5) is 12.3. The van der Waals surface area contributed by atoms with Crippen LogP contribution in [0.2, 0.25) is 0 Å². The van der Waals surface area contributed by atoms with E-state index in [9.17, 15) is 9.90 Å². The molecule has 0 aliphatic carbocycles. The van der Waals surface area contributed by atoms with Crippen LogP contribution >= 0.6 is 0 Å². The molecule has 0 fully saturated rings. The van der Waals surface area contributed by atoms with E-state index in [1.165, 1.54) is 6.21 Å². The second-order valence-corrected chi connectivity index (χ2v) is 7.63. The number of carbonyl (C=O) groups is 1. The monoisotopic (exact) mass is 368 g/mol. The van der Waals surface area contributed by atoms with Gasteiger partial charge in [0.15, 0.2) is 11.5 Å². The van der Waals surface area contributed by atoms with E-state index in [1.54, 1.807) is 12.1 Å². The SMILES string of the molecule is Cc1ccc(/C=N/NC(=O)[C@H]2COc3ccc(C(C)(C)C)cc3O2)c(O)c1. The van der Waals surface area contributed by atoms with Gasteiger partial charge in [-0.25, -0.2) is 5.43 Å². The number of aryl methyl sites for hydroxylation is 1. The van der Waals surface area contributed by atoms with Gasteiger partial charge in [0.2, 0.25) is 6.10 Å². The topological polar surface area (TPSA) is 80.2 Å². The molecule has 0 saturated carbocycles. The van der Waals surface area contributed by atoms with Gasteiger partial charge in [-0.15, -0.1) is 0 Å². The molecule has 2 aromatic carbocycles. The Morgan fingerprint density at radius 3 is 2.70 bits per heavy atom. The van der Waals surface area contributed by atoms with Gasteiger partial charge < -0.3 is 14.6 Å². The highest BCUT2D eigenvalue weighted by Crippen LogP contribution is 2.36. The molecule has 1 heterocycles. The van der Waals surface area contributed by atoms with Crippen LogP contribution in [0.15, 0.2) is 41.5 Å². The van der Waals surface area contributed by atoms with Crippen LogP contribution < -0.4 is 14.9 Å². The summed E-state index contributed by atoms with van der Waals surface area (Å²) in [5.74, 6) is 0.868. The van der Waals surface area contributed by atoms with Gasteiger partial charge in [-0.05, 0) is 47.7 Å². The molecule has 2 N–H and O–H groups in total. The van der Waals surface area contributed by atoms with Crippen molar-refractivity contribution < 1.29 is 19.4 Å². The first-order valence-corrected chi connectivity index (χ1v) is 8.80. The van der Waals surface area contributed by atoms with E-state index < -0.39 is 12.0 Å². The van der Waals surface area contributed by atoms with Crippen molar-refractivity contribution in [2.75, 3.05) is 6.61 Å². The van der Waals surface area contributed by atoms with Gasteiger partial charge in [-0.2, -0.15) is 5.10 Å². The first-order chi connectivity index (χ1) is 12.7. The predicted octanol–water partition coefficient (Wildman–Crippen LogP) is 3.29. The number of carbonyl (C=O) groups excluding carboxylic acids is 1. The van der Waals surface area contributed by atoms with Crippen molar-refractivity contribution in [1.82, 2.24) is 5.43 Å². The minimum Gasteiger partial charge on any atom is -0.507 e. The quantitative estimate of drug-likeness (QED) is 0.644. The van der Waals surface area contributed by atoms with Gasteiger partial charge in [-0.1, -0.05) is 32.9 Å². The Bertz CT molecular complexity index is 884. The molecule has 142 valence electrons. The molecule has 6 heteroatoms. The third kappa shape index (κ3) is 4.39. The third-order valence-corrected chi connectivity index (χ3v) is 4.33. The average Bonchev–Trinajstić information content (AvgIpc) is 2.61. The van der Waals surface area contributed by atoms with Crippen LogP contribution in [0.25, 0.3) is 0 Å². The molecule has 1 aliphatic heterocycles. The Labute approximate surface area is 158 Å². The lowest BCUT2D eigenvalue weighted by molar-refractivity contribution is -0.130. The largest absolute Gasteiger partial charge is 0.507 e. The number of hydrazone groups is 1. The van der Waals surface area contributed by atoms with Crippen molar-refractivity contribution in [2.24, 2.45) is 5.10 Å². The van der Waals surface area contributed by atoms with E-state index in [0.717, 1.165) is 11.1 Å². The van der Waals surface area contributed by atoms with Crippen molar-refractivity contribution in [3.8, 4) is 17.2 Å². The molecule has 2 aromatic rings. The number of hydrogen-bond donors (Lipinski definition) is 2. The Morgan fingerprint density at radius 1 is 1.22 bits per heavy atom. The van der Waals surface area contributed by atoms with Gasteiger partial charge in [-0.3, -0.25) is 4.79 Å². The summed E-state index contributed by atoms with van der Waals surface area (Å²) in [5, 5.41) is 13.8. The van der Waals surface area contributed by atoms with E-state index >= 15 is 0 Å². The maximum Gasteiger partial charge on any atom is 0.284 e. The molecule has 1 atom stereocenters. The number of amides is 1. The van der Waals surface area contributed by atoms with E-state index in [1.807, 2.05) is 31.2 Å². The van der Waals surface area contributed by atoms with E-state index in [4.69, 9.17) is 9.47 Å². The molecule has 6 nitrogen and oxygen atoms in total. The van der Waals surface area contributed by atoms with Crippen LogP contribution in [-0.4, -0.2) is 29.9 Å². The molecule has 0 radical (unpaired) electrons. The lowest BCUT2D eigenvalue weighted by Gasteiger charge is -2.27. The van der Waals surface area contributed by atoms with Crippen molar-refractivity contribution >= 4 is 12.1 Å². The maximum atomic E-state index is 12.3. The second kappa shape index (κ2) is 7.31. The summed E-state index contributed by atoms with van der Waals surface area (Å²) in [6, 6.07) is 11.0. The molecule has 0 saturated heterocycles. The molecule has 0 bridgehead atoms. The summed E-state index contributed by atoms with van der Waals surface area (Å²) in [5.41, 5.74) is 4.95. The Hall–Kier alpha value is -3.02. The lowest BCUT2D eigenvalue weighted by Crippen LogP contribution is -2.42. The molecule has 27 heavy (non-hydrogen) atoms. The number of benzene rings is 2. The van der Waals surface area contributed by atoms with Crippen LogP contribution in [0, 0.1) is 6.92 Å². The van der Waals surface area contributed by atoms with Gasteiger partial charge >= 0.3 is 0 Å². The molecule has 0 unspecified atom stereocenters. The average molecular weight is 368 g/mol. The highest BCUT2D eigenvalue weighted by atomic mass is 16.6. The number of nitrogens with one attached hydrogen (secondary N) is 1. The summed E-state index contributed by atoms with van der Waals surface area (Å²) in [6.07, 6.45) is 0.596. The fourth-order valence-electron chi connectivity index (χ4n) is 2.67. The normalized spacial score (nSPS) is 16.4. The van der Waals surface area contributed by atoms with Crippen molar-refractivity contribution in [3.05, 3.63) is 53.1 Å². The smallest absolute Gasteiger partial charge is 0.284 e. The van der Waals surface area contributed by atoms with E-state index in [0.29, 0.717) is 17.1 Å². The zero-order chi connectivity index (χ0) is 19.6. The second-order valence-electron chi connectivity index (χ2n) is 7.63. The maximum absolute atomic E-state index is 12.3. The Morgan fingerprint density at radius 2 is 2.00 bits per heavy atom. The number of nitrogens with zero attached hydrogens (tertiary/aromatic N) is 1. The van der Waals surface area contributed by atoms with Crippen molar-refractivity contribution in [2.45, 2.75) is 39.2 Å². The van der Waals surface area contributed by atoms with Gasteiger partial charge in [0.1, 0.15) is 12.4 Å². The summed E-state index contributed by atoms with van der Waals surface area (Å²) in [6.45, 7) is 8.32. The Kier molecular flexibility index (Phi) is 5.08. The van der Waals surface area contributed by atoms with Crippen LogP contribution in [0.1, 0.15) is 37.5 Å². The predicted molar refractivity (Wildman–Crippen MR) is 104 cm³/mol. The highest BCUT2D eigenvalue weighted by Gasteiger charge is 2.28. The molecule has 1 aliphatic rings. The molecule has 1 amide bonds. The van der Waals surface area contributed by atoms with Crippen LogP contribution in [0.3, 0.4) is 0 Å². The standard InChI is InChI=1S/C21H24N2O4/c1-13-5-6-14(16(24)9-13)11-22-23-20(25)19-12-26-17-8-7-15(21(2,3)4)10-18(17)27-19/h5-11,19,24H,12H2,1-4H3,(H,23,25)/b22-11+/t19-/m1/s1. The van der Waals surface area contributed by atoms with Gasteiger partial charge in [0.25, 0.3) is 5.91 Å². The number of aromatic hydroxyl groups is 1. The third-order valence-electron chi connectivity index (χ3n) is 4.33. The van der Waals surface area contributed by atoms with Gasteiger partial charge in [0, 0.05) is 5.56 Å². The van der Waals surface area contributed by atoms with E-state index in [-0.39, 0.29) is 17.8 Å². The summed E-state index contributed by atoms with van der Waals surface area (Å²) < 4.78 is 11.5. The summed E-state index contributed by atoms with van der Waals surface area (Å²) >= 11 is 0. The van der Waals surface area contributed by atoms with Crippen molar-refractivity contribution in [1.29, 1.82) is 0 Å². The van der Waals surface area contributed by atoms with Crippen LogP contribution in [-0.2, 0) is 10.2 Å². The van der Waals surface area contributed by atoms with Crippen LogP contribution in [0.5, 0.6) is 17.2 Å². The lowest BCUT2D eigenvalue weighted by atomic mass is 9.87. The first kappa shape index (κ1) is 18.8. The minimum atomic E-state index is -0.795. The molecule has 3 rings (SSSR count). The van der Waals surface area contributed by atoms with Crippen molar-refractivity contribution in [3.63, 3.8) is 0 Å². The zero-order valence-electron chi connectivity index (χ0n) is 15.9. The first-order valence-electron chi connectivity index (χ1n) is 8.80. The summed E-state index contributed by atoms with van der Waals surface area (Å²) in [7, 11) is 0. The number of ether oxygens (including phenoxy) is 2. The fraction of sp³-hybridized carbons (Fsp3) is 0.333. The minimum absolute atomic E-state index is 0.0338. The number of rotatable bonds is 3. The Balaban J connectivity index is 1.66. The molecule has 0 aromatic heterocycles. The fourth-order valence-corrected chi connectivity index (χ4v) is 2.67. The van der Waals surface area contributed by atoms with Gasteiger partial charge in [0.05, 0.1) is 6.21 Å². The van der Waals surface area contributed by atoms with Crippen LogP contribution in [0.4, 0.5) is 0 Å².